The molecular weight excluding hydrogens is 262 g/mol. The number of hydrogen-bond donors (Lipinski definition) is 3. The Balaban J connectivity index is 2.84. The molecule has 0 aliphatic carbocycles. The summed E-state index contributed by atoms with van der Waals surface area (Å²) in [5.74, 6) is -0.472. The molecule has 0 bridgehead atoms. The molecule has 0 aromatic heterocycles. The molecule has 0 radical (unpaired) electrons. The summed E-state index contributed by atoms with van der Waals surface area (Å²) in [6.07, 6.45) is 0. The lowest BCUT2D eigenvalue weighted by Gasteiger charge is -2.22. The number of benzene rings is 1. The molecule has 1 atom stereocenters. The molecule has 104 valence electrons. The van der Waals surface area contributed by atoms with E-state index in [-0.39, 0.29) is 5.11 Å². The maximum atomic E-state index is 11.9. The largest absolute Gasteiger partial charge is 0.459 e. The average Bonchev–Trinajstić information content (AvgIpc) is 2.25. The van der Waals surface area contributed by atoms with Crippen LogP contribution in [-0.4, -0.2) is 16.7 Å². The molecule has 0 saturated heterocycles. The van der Waals surface area contributed by atoms with Crippen molar-refractivity contribution in [3.63, 3.8) is 0 Å². The number of carbonyl (C=O) groups excluding carboxylic acids is 1. The van der Waals surface area contributed by atoms with E-state index in [0.29, 0.717) is 11.3 Å². The van der Waals surface area contributed by atoms with Crippen LogP contribution < -0.4 is 16.8 Å². The van der Waals surface area contributed by atoms with Gasteiger partial charge in [0, 0.05) is 5.69 Å². The minimum atomic E-state index is -0.840. The van der Waals surface area contributed by atoms with Crippen LogP contribution in [0.15, 0.2) is 24.3 Å². The standard InChI is InChI=1S/C13H19N3O2S/c1-13(2,3)18-11(17)10(14)8-5-4-6-9(7-8)16-12(15)19/h4-7,10H,14H2,1-3H3,(H3,15,16,19). The van der Waals surface area contributed by atoms with Gasteiger partial charge in [-0.05, 0) is 50.7 Å². The number of ether oxygens (including phenoxy) is 1. The first-order chi connectivity index (χ1) is 8.69. The van der Waals surface area contributed by atoms with Crippen LogP contribution in [-0.2, 0) is 9.53 Å². The topological polar surface area (TPSA) is 90.4 Å². The van der Waals surface area contributed by atoms with E-state index >= 15 is 0 Å². The van der Waals surface area contributed by atoms with Crippen LogP contribution in [0.2, 0.25) is 0 Å². The number of carbonyl (C=O) groups is 1. The summed E-state index contributed by atoms with van der Waals surface area (Å²) in [4.78, 5) is 11.9. The van der Waals surface area contributed by atoms with E-state index in [1.165, 1.54) is 0 Å². The Morgan fingerprint density at radius 2 is 2.05 bits per heavy atom. The van der Waals surface area contributed by atoms with Crippen LogP contribution in [0.4, 0.5) is 5.69 Å². The van der Waals surface area contributed by atoms with Crippen LogP contribution >= 0.6 is 12.2 Å². The number of anilines is 1. The third-order valence-electron chi connectivity index (χ3n) is 2.17. The van der Waals surface area contributed by atoms with Gasteiger partial charge in [-0.15, -0.1) is 0 Å². The van der Waals surface area contributed by atoms with Gasteiger partial charge in [-0.2, -0.15) is 0 Å². The Bertz CT molecular complexity index is 483. The minimum Gasteiger partial charge on any atom is -0.459 e. The number of nitrogens with one attached hydrogen (secondary N) is 1. The Hall–Kier alpha value is -1.66. The van der Waals surface area contributed by atoms with Crippen molar-refractivity contribution < 1.29 is 9.53 Å². The minimum absolute atomic E-state index is 0.156. The fourth-order valence-corrected chi connectivity index (χ4v) is 1.57. The molecule has 1 unspecified atom stereocenters. The lowest BCUT2D eigenvalue weighted by Crippen LogP contribution is -2.31. The summed E-state index contributed by atoms with van der Waals surface area (Å²) in [6, 6.07) is 6.17. The molecule has 1 aromatic rings. The highest BCUT2D eigenvalue weighted by Gasteiger charge is 2.23. The number of hydrogen-bond acceptors (Lipinski definition) is 4. The molecule has 5 nitrogen and oxygen atoms in total. The van der Waals surface area contributed by atoms with Crippen molar-refractivity contribution in [3.8, 4) is 0 Å². The zero-order chi connectivity index (χ0) is 14.6. The molecule has 6 heteroatoms. The zero-order valence-corrected chi connectivity index (χ0v) is 12.1. The highest BCUT2D eigenvalue weighted by molar-refractivity contribution is 7.80. The summed E-state index contributed by atoms with van der Waals surface area (Å²) in [5.41, 5.74) is 12.0. The highest BCUT2D eigenvalue weighted by atomic mass is 32.1. The molecule has 1 rings (SSSR count). The summed E-state index contributed by atoms with van der Waals surface area (Å²) in [7, 11) is 0. The van der Waals surface area contributed by atoms with Crippen LogP contribution in [0.1, 0.15) is 32.4 Å². The van der Waals surface area contributed by atoms with Crippen LogP contribution in [0.5, 0.6) is 0 Å². The first-order valence-electron chi connectivity index (χ1n) is 5.84. The third-order valence-corrected chi connectivity index (χ3v) is 2.28. The second-order valence-electron chi connectivity index (χ2n) is 5.13. The van der Waals surface area contributed by atoms with Crippen molar-refractivity contribution >= 4 is 29.0 Å². The van der Waals surface area contributed by atoms with E-state index < -0.39 is 17.6 Å². The van der Waals surface area contributed by atoms with E-state index in [1.807, 2.05) is 0 Å². The Kier molecular flexibility index (Phi) is 4.85. The molecule has 0 spiro atoms. The predicted molar refractivity (Wildman–Crippen MR) is 79.6 cm³/mol. The quantitative estimate of drug-likeness (QED) is 0.577. The van der Waals surface area contributed by atoms with E-state index in [2.05, 4.69) is 5.32 Å². The SMILES string of the molecule is CC(C)(C)OC(=O)C(N)c1cccc(NC(N)=S)c1. The third kappa shape index (κ3) is 5.23. The van der Waals surface area contributed by atoms with Gasteiger partial charge in [-0.3, -0.25) is 0 Å². The van der Waals surface area contributed by atoms with E-state index in [4.69, 9.17) is 28.4 Å². The van der Waals surface area contributed by atoms with Gasteiger partial charge in [0.05, 0.1) is 0 Å². The summed E-state index contributed by atoms with van der Waals surface area (Å²) < 4.78 is 5.24. The summed E-state index contributed by atoms with van der Waals surface area (Å²) >= 11 is 4.75. The maximum Gasteiger partial charge on any atom is 0.328 e. The number of rotatable bonds is 3. The zero-order valence-electron chi connectivity index (χ0n) is 11.3. The molecule has 0 amide bonds. The molecule has 19 heavy (non-hydrogen) atoms. The van der Waals surface area contributed by atoms with E-state index in [9.17, 15) is 4.79 Å². The van der Waals surface area contributed by atoms with Crippen molar-refractivity contribution in [1.29, 1.82) is 0 Å². The molecule has 0 saturated carbocycles. The normalized spacial score (nSPS) is 12.6. The molecule has 0 fully saturated rings. The fraction of sp³-hybridized carbons (Fsp3) is 0.385. The second kappa shape index (κ2) is 5.99. The number of nitrogens with two attached hydrogens (primary N) is 2. The summed E-state index contributed by atoms with van der Waals surface area (Å²) in [5, 5.41) is 2.94. The first-order valence-corrected chi connectivity index (χ1v) is 6.25. The van der Waals surface area contributed by atoms with Gasteiger partial charge in [-0.25, -0.2) is 4.79 Å². The van der Waals surface area contributed by atoms with Crippen molar-refractivity contribution in [2.75, 3.05) is 5.32 Å². The molecule has 0 aliphatic heterocycles. The number of thiocarbonyl (C=S) groups is 1. The molecular formula is C13H19N3O2S. The molecule has 0 aliphatic rings. The van der Waals surface area contributed by atoms with Crippen molar-refractivity contribution in [1.82, 2.24) is 0 Å². The fourth-order valence-electron chi connectivity index (χ4n) is 1.45. The highest BCUT2D eigenvalue weighted by Crippen LogP contribution is 2.19. The first kappa shape index (κ1) is 15.4. The monoisotopic (exact) mass is 281 g/mol. The Morgan fingerprint density at radius 3 is 2.58 bits per heavy atom. The van der Waals surface area contributed by atoms with Gasteiger partial charge >= 0.3 is 5.97 Å². The van der Waals surface area contributed by atoms with Crippen molar-refractivity contribution in [2.24, 2.45) is 11.5 Å². The van der Waals surface area contributed by atoms with Crippen LogP contribution in [0.3, 0.4) is 0 Å². The Labute approximate surface area is 118 Å². The average molecular weight is 281 g/mol. The van der Waals surface area contributed by atoms with Gasteiger partial charge in [-0.1, -0.05) is 12.1 Å². The van der Waals surface area contributed by atoms with Gasteiger partial charge < -0.3 is 21.5 Å². The smallest absolute Gasteiger partial charge is 0.328 e. The van der Waals surface area contributed by atoms with Crippen molar-refractivity contribution in [2.45, 2.75) is 32.4 Å². The van der Waals surface area contributed by atoms with Crippen LogP contribution in [0.25, 0.3) is 0 Å². The maximum absolute atomic E-state index is 11.9. The summed E-state index contributed by atoms with van der Waals surface area (Å²) in [6.45, 7) is 5.38. The molecule has 0 heterocycles. The van der Waals surface area contributed by atoms with E-state index in [1.54, 1.807) is 45.0 Å². The van der Waals surface area contributed by atoms with Gasteiger partial charge in [0.1, 0.15) is 11.6 Å². The van der Waals surface area contributed by atoms with Crippen LogP contribution in [0, 0.1) is 0 Å². The van der Waals surface area contributed by atoms with Gasteiger partial charge in [0.15, 0.2) is 5.11 Å². The predicted octanol–water partition coefficient (Wildman–Crippen LogP) is 1.68. The van der Waals surface area contributed by atoms with E-state index in [0.717, 1.165) is 0 Å². The van der Waals surface area contributed by atoms with Gasteiger partial charge in [0.25, 0.3) is 0 Å². The molecule has 1 aromatic carbocycles. The second-order valence-corrected chi connectivity index (χ2v) is 5.57. The Morgan fingerprint density at radius 1 is 1.42 bits per heavy atom. The lowest BCUT2D eigenvalue weighted by atomic mass is 10.1. The lowest BCUT2D eigenvalue weighted by molar-refractivity contribution is -0.156. The molecule has 5 N–H and O–H groups in total. The van der Waals surface area contributed by atoms with Gasteiger partial charge in [0.2, 0.25) is 0 Å². The van der Waals surface area contributed by atoms with Crippen molar-refractivity contribution in [3.05, 3.63) is 29.8 Å². The number of esters is 1.